The maximum atomic E-state index is 12.5. The number of carbonyl (C=O) groups excluding carboxylic acids is 5. The molecule has 1 rings (SSSR count). The molecule has 360 valence electrons. The normalized spacial score (nSPS) is 12.5. The molecular formula is C40H71N9O14. The number of aromatic hydroxyl groups is 1. The number of amides is 5. The first-order valence-corrected chi connectivity index (χ1v) is 21.0. The second-order valence-corrected chi connectivity index (χ2v) is 13.7. The molecule has 0 aliphatic carbocycles. The molecular weight excluding hydrogens is 830 g/mol. The molecule has 0 saturated heterocycles. The second kappa shape index (κ2) is 37.8. The van der Waals surface area contributed by atoms with Crippen molar-refractivity contribution in [3.63, 3.8) is 0 Å². The lowest BCUT2D eigenvalue weighted by Gasteiger charge is -2.18. The van der Waals surface area contributed by atoms with E-state index in [9.17, 15) is 29.1 Å². The Labute approximate surface area is 369 Å². The van der Waals surface area contributed by atoms with Gasteiger partial charge in [-0.05, 0) is 43.9 Å². The molecule has 23 heteroatoms. The van der Waals surface area contributed by atoms with Gasteiger partial charge in [-0.3, -0.25) is 29.0 Å². The van der Waals surface area contributed by atoms with Crippen molar-refractivity contribution in [2.24, 2.45) is 27.9 Å². The van der Waals surface area contributed by atoms with Gasteiger partial charge in [-0.25, -0.2) is 0 Å². The number of ether oxygens (including phenoxy) is 8. The van der Waals surface area contributed by atoms with E-state index in [4.69, 9.17) is 60.8 Å². The number of guanidine groups is 1. The fraction of sp³-hybridized carbons (Fsp3) is 0.700. The molecule has 0 radical (unpaired) electrons. The third-order valence-electron chi connectivity index (χ3n) is 8.37. The van der Waals surface area contributed by atoms with Crippen LogP contribution >= 0.6 is 0 Å². The monoisotopic (exact) mass is 902 g/mol. The zero-order valence-corrected chi connectivity index (χ0v) is 36.5. The first kappa shape index (κ1) is 56.3. The Bertz CT molecular complexity index is 1420. The van der Waals surface area contributed by atoms with Crippen molar-refractivity contribution in [3.05, 3.63) is 29.8 Å². The Morgan fingerprint density at radius 3 is 1.54 bits per heavy atom. The van der Waals surface area contributed by atoms with E-state index >= 15 is 0 Å². The van der Waals surface area contributed by atoms with Crippen LogP contribution in [0, 0.1) is 0 Å². The van der Waals surface area contributed by atoms with Crippen molar-refractivity contribution in [2.45, 2.75) is 57.2 Å². The second-order valence-electron chi connectivity index (χ2n) is 13.7. The quantitative estimate of drug-likeness (QED) is 0.0179. The Balaban J connectivity index is 1.87. The molecule has 1 aromatic carbocycles. The summed E-state index contributed by atoms with van der Waals surface area (Å²) in [4.78, 5) is 64.3. The number of primary amides is 1. The van der Waals surface area contributed by atoms with E-state index in [1.54, 1.807) is 19.1 Å². The van der Waals surface area contributed by atoms with Crippen LogP contribution in [0.2, 0.25) is 0 Å². The fourth-order valence-electron chi connectivity index (χ4n) is 5.04. The lowest BCUT2D eigenvalue weighted by molar-refractivity contribution is -0.130. The summed E-state index contributed by atoms with van der Waals surface area (Å²) in [6.07, 6.45) is 1.04. The number of aliphatic imine (C=N–C) groups is 1. The predicted octanol–water partition coefficient (Wildman–Crippen LogP) is -3.06. The van der Waals surface area contributed by atoms with Crippen LogP contribution in [-0.2, 0) is 68.3 Å². The average Bonchev–Trinajstić information content (AvgIpc) is 3.24. The highest BCUT2D eigenvalue weighted by Gasteiger charge is 2.21. The smallest absolute Gasteiger partial charge is 0.242 e. The van der Waals surface area contributed by atoms with E-state index in [-0.39, 0.29) is 75.7 Å². The summed E-state index contributed by atoms with van der Waals surface area (Å²) in [7, 11) is 0. The molecule has 0 bridgehead atoms. The van der Waals surface area contributed by atoms with Crippen molar-refractivity contribution in [3.8, 4) is 5.75 Å². The first-order chi connectivity index (χ1) is 30.4. The summed E-state index contributed by atoms with van der Waals surface area (Å²) >= 11 is 0. The van der Waals surface area contributed by atoms with Gasteiger partial charge in [-0.1, -0.05) is 12.1 Å². The minimum Gasteiger partial charge on any atom is -0.508 e. The number of benzene rings is 1. The molecule has 0 unspecified atom stereocenters. The lowest BCUT2D eigenvalue weighted by atomic mass is 10.1. The molecule has 0 saturated carbocycles. The summed E-state index contributed by atoms with van der Waals surface area (Å²) in [6, 6.07) is 3.98. The largest absolute Gasteiger partial charge is 0.508 e. The van der Waals surface area contributed by atoms with Crippen LogP contribution in [0.3, 0.4) is 0 Å². The molecule has 0 fully saturated rings. The molecule has 63 heavy (non-hydrogen) atoms. The van der Waals surface area contributed by atoms with Crippen LogP contribution in [0.5, 0.6) is 5.75 Å². The van der Waals surface area contributed by atoms with Crippen molar-refractivity contribution in [1.29, 1.82) is 0 Å². The summed E-state index contributed by atoms with van der Waals surface area (Å²) in [6.45, 7) is 7.96. The molecule has 0 aliphatic heterocycles. The fourth-order valence-corrected chi connectivity index (χ4v) is 5.04. The van der Waals surface area contributed by atoms with E-state index in [1.165, 1.54) is 12.1 Å². The van der Waals surface area contributed by atoms with Gasteiger partial charge in [0.25, 0.3) is 0 Å². The lowest BCUT2D eigenvalue weighted by Crippen LogP contribution is -2.51. The SMILES string of the molecule is C[C@H](NC(=O)[C@@H](N)Cc1ccc(O)cc1)C(=O)NCCOCCOCCOCCOCCOCCOCCOCCOCCC(=O)N[C@@H](CCCN=C(N)N)C(=O)NCCC(N)=O. The van der Waals surface area contributed by atoms with Gasteiger partial charge in [0.15, 0.2) is 5.96 Å². The summed E-state index contributed by atoms with van der Waals surface area (Å²) < 4.78 is 43.7. The minimum atomic E-state index is -0.834. The molecule has 23 nitrogen and oxygen atoms in total. The number of carbonyl (C=O) groups is 5. The van der Waals surface area contributed by atoms with Crippen molar-refractivity contribution in [1.82, 2.24) is 21.3 Å². The highest BCUT2D eigenvalue weighted by molar-refractivity contribution is 5.89. The summed E-state index contributed by atoms with van der Waals surface area (Å²) in [5.74, 6) is -2.09. The summed E-state index contributed by atoms with van der Waals surface area (Å²) in [5.41, 5.74) is 22.5. The van der Waals surface area contributed by atoms with Gasteiger partial charge in [-0.2, -0.15) is 0 Å². The van der Waals surface area contributed by atoms with Gasteiger partial charge < -0.3 is 87.2 Å². The van der Waals surface area contributed by atoms with Crippen LogP contribution in [0.4, 0.5) is 0 Å². The first-order valence-electron chi connectivity index (χ1n) is 21.0. The number of phenolic OH excluding ortho intramolecular Hbond substituents is 1. The van der Waals surface area contributed by atoms with E-state index in [2.05, 4.69) is 26.3 Å². The van der Waals surface area contributed by atoms with Gasteiger partial charge >= 0.3 is 0 Å². The number of nitrogens with two attached hydrogens (primary N) is 4. The van der Waals surface area contributed by atoms with Crippen molar-refractivity contribution < 1.29 is 67.0 Å². The topological polar surface area (TPSA) is 344 Å². The molecule has 0 aromatic heterocycles. The van der Waals surface area contributed by atoms with Crippen molar-refractivity contribution >= 4 is 35.5 Å². The third-order valence-corrected chi connectivity index (χ3v) is 8.37. The van der Waals surface area contributed by atoms with Gasteiger partial charge in [-0.15, -0.1) is 0 Å². The van der Waals surface area contributed by atoms with Crippen LogP contribution < -0.4 is 44.2 Å². The Morgan fingerprint density at radius 1 is 0.603 bits per heavy atom. The molecule has 3 atom stereocenters. The molecule has 5 amide bonds. The zero-order chi connectivity index (χ0) is 46.3. The summed E-state index contributed by atoms with van der Waals surface area (Å²) in [5, 5.41) is 19.9. The molecule has 1 aromatic rings. The van der Waals surface area contributed by atoms with E-state index in [1.807, 2.05) is 0 Å². The molecule has 13 N–H and O–H groups in total. The van der Waals surface area contributed by atoms with Crippen LogP contribution in [0.25, 0.3) is 0 Å². The van der Waals surface area contributed by atoms with E-state index in [0.29, 0.717) is 105 Å². The Morgan fingerprint density at radius 2 is 1.06 bits per heavy atom. The maximum Gasteiger partial charge on any atom is 0.242 e. The number of hydrogen-bond acceptors (Lipinski definition) is 16. The zero-order valence-electron chi connectivity index (χ0n) is 36.5. The number of hydrogen-bond donors (Lipinski definition) is 9. The minimum absolute atomic E-state index is 0.0161. The molecule has 0 heterocycles. The molecule has 0 spiro atoms. The third kappa shape index (κ3) is 33.5. The Kier molecular flexibility index (Phi) is 33.8. The average molecular weight is 902 g/mol. The Hall–Kier alpha value is -4.72. The van der Waals surface area contributed by atoms with Gasteiger partial charge in [0, 0.05) is 32.5 Å². The highest BCUT2D eigenvalue weighted by Crippen LogP contribution is 2.11. The number of nitrogens with zero attached hydrogens (tertiary/aromatic N) is 1. The van der Waals surface area contributed by atoms with Crippen LogP contribution in [0.15, 0.2) is 29.3 Å². The number of phenols is 1. The van der Waals surface area contributed by atoms with Crippen molar-refractivity contribution in [2.75, 3.05) is 125 Å². The van der Waals surface area contributed by atoms with Gasteiger partial charge in [0.05, 0.1) is 112 Å². The van der Waals surface area contributed by atoms with Crippen LogP contribution in [0.1, 0.15) is 38.2 Å². The standard InChI is InChI=1S/C40H71N9O14/c1-30(48-38(54)33(41)29-31-4-6-32(50)7-5-31)37(53)46-12-14-57-16-18-59-20-22-61-24-26-63-28-27-62-25-23-60-21-19-58-17-15-56-13-9-36(52)49-34(3-2-10-47-40(43)44)39(55)45-11-8-35(42)51/h4-7,30,33-34,50H,2-3,8-29,41H2,1H3,(H2,42,51)(H,45,55)(H,46,53)(H,48,54)(H,49,52)(H4,43,44,47)/t30-,33-,34-/m0/s1. The maximum absolute atomic E-state index is 12.5. The highest BCUT2D eigenvalue weighted by atomic mass is 16.6. The van der Waals surface area contributed by atoms with Gasteiger partial charge in [0.1, 0.15) is 17.8 Å². The predicted molar refractivity (Wildman–Crippen MR) is 230 cm³/mol. The molecule has 0 aliphatic rings. The number of rotatable bonds is 41. The number of nitrogens with one attached hydrogen (secondary N) is 4. The van der Waals surface area contributed by atoms with Gasteiger partial charge in [0.2, 0.25) is 29.5 Å². The van der Waals surface area contributed by atoms with E-state index < -0.39 is 35.8 Å². The van der Waals surface area contributed by atoms with E-state index in [0.717, 1.165) is 5.56 Å². The van der Waals surface area contributed by atoms with Crippen LogP contribution in [-0.4, -0.2) is 184 Å².